The SMILES string of the molecule is CCCOc1ccc(C(=O)C(C)(C)N(C)C)cc1. The van der Waals surface area contributed by atoms with E-state index in [2.05, 4.69) is 6.92 Å². The second kappa shape index (κ2) is 6.01. The monoisotopic (exact) mass is 249 g/mol. The third-order valence-corrected chi connectivity index (χ3v) is 3.26. The summed E-state index contributed by atoms with van der Waals surface area (Å²) >= 11 is 0. The van der Waals surface area contributed by atoms with Gasteiger partial charge in [0.25, 0.3) is 0 Å². The summed E-state index contributed by atoms with van der Waals surface area (Å²) < 4.78 is 5.50. The van der Waals surface area contributed by atoms with Crippen LogP contribution in [0.25, 0.3) is 0 Å². The van der Waals surface area contributed by atoms with E-state index in [4.69, 9.17) is 4.74 Å². The van der Waals surface area contributed by atoms with Gasteiger partial charge in [0.2, 0.25) is 0 Å². The van der Waals surface area contributed by atoms with Gasteiger partial charge in [-0.3, -0.25) is 9.69 Å². The zero-order chi connectivity index (χ0) is 13.8. The van der Waals surface area contributed by atoms with Crippen LogP contribution in [-0.2, 0) is 0 Å². The van der Waals surface area contributed by atoms with Crippen molar-refractivity contribution in [2.75, 3.05) is 20.7 Å². The Morgan fingerprint density at radius 1 is 1.22 bits per heavy atom. The van der Waals surface area contributed by atoms with E-state index in [1.165, 1.54) is 0 Å². The van der Waals surface area contributed by atoms with Gasteiger partial charge in [0.15, 0.2) is 5.78 Å². The molecule has 0 saturated heterocycles. The number of ether oxygens (including phenoxy) is 1. The number of rotatable bonds is 6. The smallest absolute Gasteiger partial charge is 0.182 e. The first-order chi connectivity index (χ1) is 8.39. The molecule has 0 aliphatic heterocycles. The number of hydrogen-bond donors (Lipinski definition) is 0. The van der Waals surface area contributed by atoms with E-state index in [1.807, 2.05) is 57.1 Å². The van der Waals surface area contributed by atoms with Crippen LogP contribution in [0.15, 0.2) is 24.3 Å². The minimum Gasteiger partial charge on any atom is -0.494 e. The molecule has 1 aromatic carbocycles. The topological polar surface area (TPSA) is 29.5 Å². The molecular formula is C15H23NO2. The first kappa shape index (κ1) is 14.7. The van der Waals surface area contributed by atoms with Gasteiger partial charge in [-0.25, -0.2) is 0 Å². The second-order valence-corrected chi connectivity index (χ2v) is 5.16. The largest absolute Gasteiger partial charge is 0.494 e. The molecule has 1 aromatic rings. The highest BCUT2D eigenvalue weighted by atomic mass is 16.5. The molecule has 18 heavy (non-hydrogen) atoms. The summed E-state index contributed by atoms with van der Waals surface area (Å²) in [6.45, 7) is 6.63. The van der Waals surface area contributed by atoms with E-state index >= 15 is 0 Å². The molecule has 0 radical (unpaired) electrons. The molecule has 0 aromatic heterocycles. The maximum Gasteiger partial charge on any atom is 0.182 e. The van der Waals surface area contributed by atoms with Crippen LogP contribution in [0.5, 0.6) is 5.75 Å². The Balaban J connectivity index is 2.82. The Morgan fingerprint density at radius 2 is 1.78 bits per heavy atom. The zero-order valence-corrected chi connectivity index (χ0v) is 12.0. The third-order valence-electron chi connectivity index (χ3n) is 3.26. The van der Waals surface area contributed by atoms with E-state index in [0.717, 1.165) is 17.7 Å². The number of hydrogen-bond acceptors (Lipinski definition) is 3. The Morgan fingerprint density at radius 3 is 2.22 bits per heavy atom. The number of carbonyl (C=O) groups is 1. The van der Waals surface area contributed by atoms with Crippen molar-refractivity contribution in [3.8, 4) is 5.75 Å². The van der Waals surface area contributed by atoms with Crippen LogP contribution in [0.3, 0.4) is 0 Å². The molecule has 0 aliphatic rings. The quantitative estimate of drug-likeness (QED) is 0.726. The lowest BCUT2D eigenvalue weighted by Gasteiger charge is -2.30. The summed E-state index contributed by atoms with van der Waals surface area (Å²) in [5, 5.41) is 0. The Kier molecular flexibility index (Phi) is 4.91. The standard InChI is InChI=1S/C15H23NO2/c1-6-11-18-13-9-7-12(8-10-13)14(17)15(2,3)16(4)5/h7-10H,6,11H2,1-5H3. The summed E-state index contributed by atoms with van der Waals surface area (Å²) in [5.74, 6) is 0.936. The molecule has 0 heterocycles. The lowest BCUT2D eigenvalue weighted by Crippen LogP contribution is -2.45. The molecule has 0 atom stereocenters. The van der Waals surface area contributed by atoms with Gasteiger partial charge in [0, 0.05) is 5.56 Å². The number of likely N-dealkylation sites (N-methyl/N-ethyl adjacent to an activating group) is 1. The van der Waals surface area contributed by atoms with Crippen LogP contribution in [0.1, 0.15) is 37.6 Å². The van der Waals surface area contributed by atoms with Gasteiger partial charge in [-0.1, -0.05) is 6.92 Å². The Labute approximate surface area is 110 Å². The van der Waals surface area contributed by atoms with Crippen LogP contribution in [-0.4, -0.2) is 36.9 Å². The normalized spacial score (nSPS) is 11.7. The van der Waals surface area contributed by atoms with Crippen molar-refractivity contribution in [1.82, 2.24) is 4.90 Å². The molecule has 3 nitrogen and oxygen atoms in total. The lowest BCUT2D eigenvalue weighted by molar-refractivity contribution is 0.0755. The molecule has 1 rings (SSSR count). The van der Waals surface area contributed by atoms with Crippen molar-refractivity contribution >= 4 is 5.78 Å². The van der Waals surface area contributed by atoms with Crippen LogP contribution in [0, 0.1) is 0 Å². The highest BCUT2D eigenvalue weighted by molar-refractivity contribution is 6.02. The molecule has 0 aliphatic carbocycles. The molecule has 0 spiro atoms. The predicted molar refractivity (Wildman–Crippen MR) is 74.3 cm³/mol. The minimum atomic E-state index is -0.494. The highest BCUT2D eigenvalue weighted by Crippen LogP contribution is 2.20. The van der Waals surface area contributed by atoms with Gasteiger partial charge in [-0.2, -0.15) is 0 Å². The summed E-state index contributed by atoms with van der Waals surface area (Å²) in [5.41, 5.74) is 0.226. The Bertz CT molecular complexity index is 393. The average molecular weight is 249 g/mol. The molecule has 0 unspecified atom stereocenters. The molecule has 3 heteroatoms. The number of Topliss-reactive ketones (excluding diaryl/α,β-unsaturated/α-hetero) is 1. The van der Waals surface area contributed by atoms with E-state index < -0.39 is 5.54 Å². The van der Waals surface area contributed by atoms with Crippen LogP contribution in [0.2, 0.25) is 0 Å². The maximum atomic E-state index is 12.4. The fourth-order valence-corrected chi connectivity index (χ4v) is 1.48. The first-order valence-electron chi connectivity index (χ1n) is 6.34. The van der Waals surface area contributed by atoms with E-state index in [1.54, 1.807) is 0 Å². The fourth-order valence-electron chi connectivity index (χ4n) is 1.48. The Hall–Kier alpha value is -1.35. The molecule has 0 saturated carbocycles. The number of nitrogens with zero attached hydrogens (tertiary/aromatic N) is 1. The van der Waals surface area contributed by atoms with Crippen molar-refractivity contribution in [2.45, 2.75) is 32.7 Å². The van der Waals surface area contributed by atoms with E-state index in [9.17, 15) is 4.79 Å². The molecule has 0 amide bonds. The third kappa shape index (κ3) is 3.33. The van der Waals surface area contributed by atoms with Crippen molar-refractivity contribution in [1.29, 1.82) is 0 Å². The first-order valence-corrected chi connectivity index (χ1v) is 6.34. The van der Waals surface area contributed by atoms with Gasteiger partial charge >= 0.3 is 0 Å². The molecule has 100 valence electrons. The lowest BCUT2D eigenvalue weighted by atomic mass is 9.92. The average Bonchev–Trinajstić information content (AvgIpc) is 2.35. The van der Waals surface area contributed by atoms with Crippen molar-refractivity contribution in [2.24, 2.45) is 0 Å². The molecular weight excluding hydrogens is 226 g/mol. The number of ketones is 1. The highest BCUT2D eigenvalue weighted by Gasteiger charge is 2.30. The number of carbonyl (C=O) groups excluding carboxylic acids is 1. The van der Waals surface area contributed by atoms with Crippen LogP contribution in [0.4, 0.5) is 0 Å². The predicted octanol–water partition coefficient (Wildman–Crippen LogP) is 3.00. The van der Waals surface area contributed by atoms with Gasteiger partial charge in [-0.15, -0.1) is 0 Å². The van der Waals surface area contributed by atoms with Crippen molar-refractivity contribution in [3.05, 3.63) is 29.8 Å². The summed E-state index contributed by atoms with van der Waals surface area (Å²) in [6, 6.07) is 7.38. The fraction of sp³-hybridized carbons (Fsp3) is 0.533. The van der Waals surface area contributed by atoms with Crippen molar-refractivity contribution < 1.29 is 9.53 Å². The summed E-state index contributed by atoms with van der Waals surface area (Å²) in [6.07, 6.45) is 0.980. The summed E-state index contributed by atoms with van der Waals surface area (Å²) in [4.78, 5) is 14.3. The van der Waals surface area contributed by atoms with E-state index in [0.29, 0.717) is 6.61 Å². The summed E-state index contributed by atoms with van der Waals surface area (Å²) in [7, 11) is 3.83. The molecule has 0 bridgehead atoms. The van der Waals surface area contributed by atoms with Gasteiger partial charge in [0.05, 0.1) is 12.1 Å². The zero-order valence-electron chi connectivity index (χ0n) is 12.0. The van der Waals surface area contributed by atoms with Gasteiger partial charge in [0.1, 0.15) is 5.75 Å². The number of benzene rings is 1. The second-order valence-electron chi connectivity index (χ2n) is 5.16. The van der Waals surface area contributed by atoms with E-state index in [-0.39, 0.29) is 5.78 Å². The molecule has 0 N–H and O–H groups in total. The van der Waals surface area contributed by atoms with Gasteiger partial charge < -0.3 is 4.74 Å². The van der Waals surface area contributed by atoms with Gasteiger partial charge in [-0.05, 0) is 58.6 Å². The minimum absolute atomic E-state index is 0.120. The van der Waals surface area contributed by atoms with Crippen LogP contribution >= 0.6 is 0 Å². The van der Waals surface area contributed by atoms with Crippen molar-refractivity contribution in [3.63, 3.8) is 0 Å². The maximum absolute atomic E-state index is 12.4. The van der Waals surface area contributed by atoms with Crippen LogP contribution < -0.4 is 4.74 Å². The molecule has 0 fully saturated rings.